The van der Waals surface area contributed by atoms with Crippen LogP contribution < -0.4 is 4.90 Å². The van der Waals surface area contributed by atoms with Crippen molar-refractivity contribution in [2.45, 2.75) is 12.8 Å². The molecule has 2 rings (SSSR count). The molecule has 0 saturated carbocycles. The summed E-state index contributed by atoms with van der Waals surface area (Å²) in [4.78, 5) is 12.8. The molecule has 0 aliphatic carbocycles. The molecule has 1 aliphatic heterocycles. The van der Waals surface area contributed by atoms with Gasteiger partial charge in [-0.2, -0.15) is 0 Å². The summed E-state index contributed by atoms with van der Waals surface area (Å²) in [6.45, 7) is 0.972. The summed E-state index contributed by atoms with van der Waals surface area (Å²) in [5.41, 5.74) is 0.342. The lowest BCUT2D eigenvalue weighted by Gasteiger charge is -2.29. The van der Waals surface area contributed by atoms with Crippen LogP contribution in [-0.2, 0) is 4.79 Å². The van der Waals surface area contributed by atoms with Crippen molar-refractivity contribution < 1.29 is 13.6 Å². The second-order valence-electron chi connectivity index (χ2n) is 3.74. The van der Waals surface area contributed by atoms with Crippen LogP contribution in [0.1, 0.15) is 12.8 Å². The minimum atomic E-state index is -0.610. The third kappa shape index (κ3) is 2.24. The van der Waals surface area contributed by atoms with Crippen LogP contribution in [0.15, 0.2) is 16.6 Å². The summed E-state index contributed by atoms with van der Waals surface area (Å²) < 4.78 is 26.9. The standard InChI is InChI=1S/C11H10BrF2NO/c12-9-5-7(13)6-10(14)11(9)15-3-1-8(16)2-4-15/h5-6H,1-4H2. The fraction of sp³-hybridized carbons (Fsp3) is 0.364. The maximum absolute atomic E-state index is 13.6. The molecule has 16 heavy (non-hydrogen) atoms. The Morgan fingerprint density at radius 1 is 1.19 bits per heavy atom. The largest absolute Gasteiger partial charge is 0.367 e. The Hall–Kier alpha value is -0.970. The number of carbonyl (C=O) groups excluding carboxylic acids is 1. The molecule has 0 aromatic heterocycles. The van der Waals surface area contributed by atoms with Crippen molar-refractivity contribution in [1.82, 2.24) is 0 Å². The lowest BCUT2D eigenvalue weighted by Crippen LogP contribution is -2.34. The van der Waals surface area contributed by atoms with Crippen LogP contribution in [0.4, 0.5) is 14.5 Å². The molecule has 0 amide bonds. The van der Waals surface area contributed by atoms with E-state index in [1.54, 1.807) is 4.90 Å². The highest BCUT2D eigenvalue weighted by molar-refractivity contribution is 9.10. The Morgan fingerprint density at radius 3 is 2.38 bits per heavy atom. The smallest absolute Gasteiger partial charge is 0.150 e. The highest BCUT2D eigenvalue weighted by Gasteiger charge is 2.21. The second-order valence-corrected chi connectivity index (χ2v) is 4.60. The topological polar surface area (TPSA) is 20.3 Å². The van der Waals surface area contributed by atoms with Gasteiger partial charge in [-0.1, -0.05) is 0 Å². The molecule has 1 saturated heterocycles. The van der Waals surface area contributed by atoms with Crippen LogP contribution in [0.3, 0.4) is 0 Å². The molecule has 0 radical (unpaired) electrons. The van der Waals surface area contributed by atoms with E-state index in [0.29, 0.717) is 36.1 Å². The minimum Gasteiger partial charge on any atom is -0.367 e. The molecule has 5 heteroatoms. The van der Waals surface area contributed by atoms with E-state index < -0.39 is 11.6 Å². The van der Waals surface area contributed by atoms with Gasteiger partial charge in [0.05, 0.1) is 5.69 Å². The summed E-state index contributed by atoms with van der Waals surface area (Å²) in [5, 5.41) is 0. The molecule has 0 spiro atoms. The molecule has 1 heterocycles. The fourth-order valence-electron chi connectivity index (χ4n) is 1.82. The summed E-state index contributed by atoms with van der Waals surface area (Å²) in [7, 11) is 0. The van der Waals surface area contributed by atoms with Crippen LogP contribution in [-0.4, -0.2) is 18.9 Å². The maximum Gasteiger partial charge on any atom is 0.150 e. The molecule has 1 aromatic rings. The summed E-state index contributed by atoms with van der Waals surface area (Å²) in [6, 6.07) is 2.09. The highest BCUT2D eigenvalue weighted by atomic mass is 79.9. The number of nitrogens with zero attached hydrogens (tertiary/aromatic N) is 1. The van der Waals surface area contributed by atoms with E-state index in [1.807, 2.05) is 0 Å². The molecular formula is C11H10BrF2NO. The monoisotopic (exact) mass is 289 g/mol. The van der Waals surface area contributed by atoms with Gasteiger partial charge in [0.2, 0.25) is 0 Å². The van der Waals surface area contributed by atoms with E-state index in [1.165, 1.54) is 6.07 Å². The second kappa shape index (κ2) is 4.49. The first-order valence-corrected chi connectivity index (χ1v) is 5.78. The number of benzene rings is 1. The van der Waals surface area contributed by atoms with Crippen molar-refractivity contribution in [2.75, 3.05) is 18.0 Å². The Kier molecular flexibility index (Phi) is 3.23. The number of piperidine rings is 1. The molecule has 86 valence electrons. The number of carbonyl (C=O) groups is 1. The van der Waals surface area contributed by atoms with E-state index in [-0.39, 0.29) is 5.78 Å². The van der Waals surface area contributed by atoms with E-state index in [4.69, 9.17) is 0 Å². The number of ketones is 1. The van der Waals surface area contributed by atoms with Gasteiger partial charge in [0.1, 0.15) is 11.6 Å². The van der Waals surface area contributed by atoms with Crippen molar-refractivity contribution in [3.05, 3.63) is 28.2 Å². The Labute approximate surface area is 100 Å². The number of anilines is 1. The van der Waals surface area contributed by atoms with Gasteiger partial charge in [0, 0.05) is 36.5 Å². The molecular weight excluding hydrogens is 280 g/mol. The molecule has 0 atom stereocenters. The van der Waals surface area contributed by atoms with Crippen molar-refractivity contribution in [1.29, 1.82) is 0 Å². The highest BCUT2D eigenvalue weighted by Crippen LogP contribution is 2.31. The molecule has 1 aromatic carbocycles. The quantitative estimate of drug-likeness (QED) is 0.792. The van der Waals surface area contributed by atoms with Crippen LogP contribution >= 0.6 is 15.9 Å². The Bertz CT molecular complexity index is 403. The zero-order valence-corrected chi connectivity index (χ0v) is 10.1. The summed E-state index contributed by atoms with van der Waals surface area (Å²) in [5.74, 6) is -1.02. The normalized spacial score (nSPS) is 16.7. The van der Waals surface area contributed by atoms with Gasteiger partial charge in [0.25, 0.3) is 0 Å². The van der Waals surface area contributed by atoms with Crippen molar-refractivity contribution >= 4 is 27.4 Å². The third-order valence-corrected chi connectivity index (χ3v) is 3.22. The average Bonchev–Trinajstić information content (AvgIpc) is 2.19. The van der Waals surface area contributed by atoms with Crippen molar-refractivity contribution in [3.63, 3.8) is 0 Å². The lowest BCUT2D eigenvalue weighted by molar-refractivity contribution is -0.119. The van der Waals surface area contributed by atoms with Crippen LogP contribution in [0, 0.1) is 11.6 Å². The van der Waals surface area contributed by atoms with Gasteiger partial charge in [-0.25, -0.2) is 8.78 Å². The predicted octanol–water partition coefficient (Wildman–Crippen LogP) is 2.90. The summed E-state index contributed by atoms with van der Waals surface area (Å²) >= 11 is 3.14. The van der Waals surface area contributed by atoms with Gasteiger partial charge >= 0.3 is 0 Å². The van der Waals surface area contributed by atoms with Gasteiger partial charge in [-0.15, -0.1) is 0 Å². The zero-order valence-electron chi connectivity index (χ0n) is 8.47. The van der Waals surface area contributed by atoms with E-state index >= 15 is 0 Å². The summed E-state index contributed by atoms with van der Waals surface area (Å²) in [6.07, 6.45) is 0.840. The van der Waals surface area contributed by atoms with Gasteiger partial charge in [0.15, 0.2) is 5.82 Å². The number of halogens is 3. The number of Topliss-reactive ketones (excluding diaryl/α,β-unsaturated/α-hetero) is 1. The van der Waals surface area contributed by atoms with Gasteiger partial charge in [-0.3, -0.25) is 4.79 Å². The first kappa shape index (κ1) is 11.5. The molecule has 1 aliphatic rings. The zero-order chi connectivity index (χ0) is 11.7. The molecule has 1 fully saturated rings. The maximum atomic E-state index is 13.6. The first-order chi connectivity index (χ1) is 7.58. The molecule has 0 unspecified atom stereocenters. The van der Waals surface area contributed by atoms with Crippen molar-refractivity contribution in [3.8, 4) is 0 Å². The Balaban J connectivity index is 2.30. The number of hydrogen-bond acceptors (Lipinski definition) is 2. The third-order valence-electron chi connectivity index (χ3n) is 2.62. The average molecular weight is 290 g/mol. The van der Waals surface area contributed by atoms with Gasteiger partial charge < -0.3 is 4.90 Å². The van der Waals surface area contributed by atoms with E-state index in [0.717, 1.165) is 6.07 Å². The minimum absolute atomic E-state index is 0.190. The predicted molar refractivity (Wildman–Crippen MR) is 60.5 cm³/mol. The van der Waals surface area contributed by atoms with Gasteiger partial charge in [-0.05, 0) is 22.0 Å². The first-order valence-electron chi connectivity index (χ1n) is 4.99. The molecule has 2 nitrogen and oxygen atoms in total. The number of rotatable bonds is 1. The van der Waals surface area contributed by atoms with E-state index in [9.17, 15) is 13.6 Å². The molecule has 0 bridgehead atoms. The Morgan fingerprint density at radius 2 is 1.81 bits per heavy atom. The van der Waals surface area contributed by atoms with Crippen LogP contribution in [0.2, 0.25) is 0 Å². The molecule has 0 N–H and O–H groups in total. The SMILES string of the molecule is O=C1CCN(c2c(F)cc(F)cc2Br)CC1. The van der Waals surface area contributed by atoms with Crippen LogP contribution in [0.25, 0.3) is 0 Å². The van der Waals surface area contributed by atoms with Crippen LogP contribution in [0.5, 0.6) is 0 Å². The fourth-order valence-corrected chi connectivity index (χ4v) is 2.48. The number of hydrogen-bond donors (Lipinski definition) is 0. The van der Waals surface area contributed by atoms with Crippen molar-refractivity contribution in [2.24, 2.45) is 0 Å². The lowest BCUT2D eigenvalue weighted by atomic mass is 10.1. The van der Waals surface area contributed by atoms with E-state index in [2.05, 4.69) is 15.9 Å².